The van der Waals surface area contributed by atoms with Crippen molar-refractivity contribution in [3.8, 4) is 17.2 Å². The summed E-state index contributed by atoms with van der Waals surface area (Å²) in [6.45, 7) is 0.875. The van der Waals surface area contributed by atoms with E-state index >= 15 is 0 Å². The SMILES string of the molecule is COc1cc(C2CCCN2)c(O)c(F)c1OC. The molecule has 0 saturated carbocycles. The quantitative estimate of drug-likeness (QED) is 0.849. The second-order valence-corrected chi connectivity index (χ2v) is 4.01. The van der Waals surface area contributed by atoms with Crippen LogP contribution in [0.1, 0.15) is 24.4 Å². The Labute approximate surface area is 99.4 Å². The van der Waals surface area contributed by atoms with Gasteiger partial charge in [0, 0.05) is 11.6 Å². The molecule has 1 saturated heterocycles. The highest BCUT2D eigenvalue weighted by molar-refractivity contribution is 5.52. The summed E-state index contributed by atoms with van der Waals surface area (Å²) < 4.78 is 23.8. The van der Waals surface area contributed by atoms with Crippen LogP contribution in [-0.2, 0) is 0 Å². The molecular weight excluding hydrogens is 225 g/mol. The zero-order valence-corrected chi connectivity index (χ0v) is 9.92. The number of nitrogens with one attached hydrogen (secondary N) is 1. The molecule has 1 aromatic rings. The van der Waals surface area contributed by atoms with Crippen molar-refractivity contribution in [3.63, 3.8) is 0 Å². The lowest BCUT2D eigenvalue weighted by Gasteiger charge is -2.17. The summed E-state index contributed by atoms with van der Waals surface area (Å²) in [6, 6.07) is 1.60. The van der Waals surface area contributed by atoms with Gasteiger partial charge in [0.15, 0.2) is 11.5 Å². The molecule has 5 heteroatoms. The Kier molecular flexibility index (Phi) is 3.38. The first kappa shape index (κ1) is 12.0. The van der Waals surface area contributed by atoms with Crippen LogP contribution in [0.3, 0.4) is 0 Å². The third kappa shape index (κ3) is 2.02. The van der Waals surface area contributed by atoms with Gasteiger partial charge in [0.05, 0.1) is 14.2 Å². The van der Waals surface area contributed by atoms with Crippen molar-refractivity contribution in [3.05, 3.63) is 17.4 Å². The number of hydrogen-bond acceptors (Lipinski definition) is 4. The maximum absolute atomic E-state index is 13.9. The largest absolute Gasteiger partial charge is 0.504 e. The number of methoxy groups -OCH3 is 2. The van der Waals surface area contributed by atoms with Gasteiger partial charge < -0.3 is 19.9 Å². The molecule has 0 radical (unpaired) electrons. The first-order valence-corrected chi connectivity index (χ1v) is 5.55. The Morgan fingerprint density at radius 3 is 2.71 bits per heavy atom. The molecule has 0 aliphatic carbocycles. The maximum atomic E-state index is 13.9. The van der Waals surface area contributed by atoms with Crippen molar-refractivity contribution in [2.75, 3.05) is 20.8 Å². The molecule has 0 amide bonds. The van der Waals surface area contributed by atoms with E-state index in [1.807, 2.05) is 0 Å². The van der Waals surface area contributed by atoms with Gasteiger partial charge in [0.2, 0.25) is 11.6 Å². The third-order valence-corrected chi connectivity index (χ3v) is 3.05. The molecule has 2 N–H and O–H groups in total. The van der Waals surface area contributed by atoms with Crippen LogP contribution in [0.25, 0.3) is 0 Å². The average molecular weight is 241 g/mol. The van der Waals surface area contributed by atoms with Crippen LogP contribution in [-0.4, -0.2) is 25.9 Å². The fraction of sp³-hybridized carbons (Fsp3) is 0.500. The first-order valence-electron chi connectivity index (χ1n) is 5.55. The molecular formula is C12H16FNO3. The van der Waals surface area contributed by atoms with Gasteiger partial charge >= 0.3 is 0 Å². The Bertz CT molecular complexity index is 417. The zero-order valence-electron chi connectivity index (χ0n) is 9.92. The second-order valence-electron chi connectivity index (χ2n) is 4.01. The maximum Gasteiger partial charge on any atom is 0.210 e. The van der Waals surface area contributed by atoms with E-state index in [-0.39, 0.29) is 17.5 Å². The van der Waals surface area contributed by atoms with E-state index in [2.05, 4.69) is 5.32 Å². The molecule has 1 heterocycles. The van der Waals surface area contributed by atoms with Crippen molar-refractivity contribution < 1.29 is 19.0 Å². The van der Waals surface area contributed by atoms with E-state index in [0.29, 0.717) is 11.3 Å². The monoisotopic (exact) mass is 241 g/mol. The van der Waals surface area contributed by atoms with Crippen LogP contribution in [0, 0.1) is 5.82 Å². The molecule has 0 aromatic heterocycles. The van der Waals surface area contributed by atoms with E-state index in [1.54, 1.807) is 6.07 Å². The Morgan fingerprint density at radius 1 is 1.41 bits per heavy atom. The first-order chi connectivity index (χ1) is 8.19. The molecule has 0 bridgehead atoms. The predicted molar refractivity (Wildman–Crippen MR) is 61.1 cm³/mol. The molecule has 1 atom stereocenters. The van der Waals surface area contributed by atoms with Gasteiger partial charge in [-0.15, -0.1) is 0 Å². The van der Waals surface area contributed by atoms with Gasteiger partial charge in [-0.1, -0.05) is 0 Å². The highest BCUT2D eigenvalue weighted by Gasteiger charge is 2.26. The molecule has 1 aromatic carbocycles. The van der Waals surface area contributed by atoms with Crippen LogP contribution in [0.2, 0.25) is 0 Å². The number of rotatable bonds is 3. The van der Waals surface area contributed by atoms with Gasteiger partial charge in [-0.25, -0.2) is 0 Å². The fourth-order valence-electron chi connectivity index (χ4n) is 2.18. The lowest BCUT2D eigenvalue weighted by atomic mass is 10.0. The number of ether oxygens (including phenoxy) is 2. The molecule has 2 rings (SSSR count). The van der Waals surface area contributed by atoms with Crippen LogP contribution < -0.4 is 14.8 Å². The van der Waals surface area contributed by atoms with Crippen molar-refractivity contribution in [2.24, 2.45) is 0 Å². The van der Waals surface area contributed by atoms with Gasteiger partial charge in [-0.05, 0) is 25.5 Å². The molecule has 1 unspecified atom stereocenters. The van der Waals surface area contributed by atoms with Gasteiger partial charge in [0.1, 0.15) is 0 Å². The number of phenolic OH excluding ortho intramolecular Hbond substituents is 1. The number of phenols is 1. The van der Waals surface area contributed by atoms with E-state index in [0.717, 1.165) is 19.4 Å². The Balaban J connectivity index is 2.49. The van der Waals surface area contributed by atoms with Crippen LogP contribution in [0.5, 0.6) is 17.2 Å². The zero-order chi connectivity index (χ0) is 12.4. The minimum atomic E-state index is -0.768. The summed E-state index contributed by atoms with van der Waals surface area (Å²) in [4.78, 5) is 0. The van der Waals surface area contributed by atoms with Crippen molar-refractivity contribution in [2.45, 2.75) is 18.9 Å². The number of benzene rings is 1. The number of hydrogen-bond donors (Lipinski definition) is 2. The van der Waals surface area contributed by atoms with Gasteiger partial charge in [-0.3, -0.25) is 0 Å². The van der Waals surface area contributed by atoms with E-state index in [9.17, 15) is 9.50 Å². The minimum absolute atomic E-state index is 0.0238. The molecule has 0 spiro atoms. The molecule has 94 valence electrons. The Morgan fingerprint density at radius 2 is 2.18 bits per heavy atom. The molecule has 4 nitrogen and oxygen atoms in total. The number of halogens is 1. The van der Waals surface area contributed by atoms with Crippen LogP contribution in [0.15, 0.2) is 6.07 Å². The lowest BCUT2D eigenvalue weighted by Crippen LogP contribution is -2.13. The summed E-state index contributed by atoms with van der Waals surface area (Å²) in [5.74, 6) is -0.893. The van der Waals surface area contributed by atoms with Crippen molar-refractivity contribution in [1.29, 1.82) is 0 Å². The molecule has 1 fully saturated rings. The highest BCUT2D eigenvalue weighted by Crippen LogP contribution is 2.42. The molecule has 17 heavy (non-hydrogen) atoms. The van der Waals surface area contributed by atoms with Gasteiger partial charge in [-0.2, -0.15) is 4.39 Å². The average Bonchev–Trinajstić information content (AvgIpc) is 2.85. The third-order valence-electron chi connectivity index (χ3n) is 3.05. The summed E-state index contributed by atoms with van der Waals surface area (Å²) in [6.07, 6.45) is 1.89. The van der Waals surface area contributed by atoms with Crippen molar-refractivity contribution in [1.82, 2.24) is 5.32 Å². The van der Waals surface area contributed by atoms with E-state index < -0.39 is 5.82 Å². The molecule has 1 aliphatic rings. The summed E-state index contributed by atoms with van der Waals surface area (Å²) in [5.41, 5.74) is 0.526. The van der Waals surface area contributed by atoms with E-state index in [4.69, 9.17) is 9.47 Å². The van der Waals surface area contributed by atoms with Crippen LogP contribution >= 0.6 is 0 Å². The normalized spacial score (nSPS) is 19.4. The summed E-state index contributed by atoms with van der Waals surface area (Å²) >= 11 is 0. The van der Waals surface area contributed by atoms with E-state index in [1.165, 1.54) is 14.2 Å². The number of aromatic hydroxyl groups is 1. The highest BCUT2D eigenvalue weighted by atomic mass is 19.1. The topological polar surface area (TPSA) is 50.7 Å². The second kappa shape index (κ2) is 4.79. The summed E-state index contributed by atoms with van der Waals surface area (Å²) in [7, 11) is 2.79. The minimum Gasteiger partial charge on any atom is -0.504 e. The van der Waals surface area contributed by atoms with Crippen molar-refractivity contribution >= 4 is 0 Å². The Hall–Kier alpha value is -1.49. The molecule has 1 aliphatic heterocycles. The summed E-state index contributed by atoms with van der Waals surface area (Å²) in [5, 5.41) is 13.0. The predicted octanol–water partition coefficient (Wildman–Crippen LogP) is 1.97. The standard InChI is InChI=1S/C12H16FNO3/c1-16-9-6-7(8-4-3-5-14-8)11(15)10(13)12(9)17-2/h6,8,14-15H,3-5H2,1-2H3. The smallest absolute Gasteiger partial charge is 0.210 e. The van der Waals surface area contributed by atoms with Crippen LogP contribution in [0.4, 0.5) is 4.39 Å². The van der Waals surface area contributed by atoms with Gasteiger partial charge in [0.25, 0.3) is 0 Å². The lowest BCUT2D eigenvalue weighted by molar-refractivity contribution is 0.322. The fourth-order valence-corrected chi connectivity index (χ4v) is 2.18.